The van der Waals surface area contributed by atoms with E-state index >= 15 is 0 Å². The van der Waals surface area contributed by atoms with Crippen LogP contribution in [0.3, 0.4) is 0 Å². The minimum absolute atomic E-state index is 0.570. The van der Waals surface area contributed by atoms with Crippen molar-refractivity contribution < 1.29 is 14.2 Å². The summed E-state index contributed by atoms with van der Waals surface area (Å²) in [4.78, 5) is 2.61. The zero-order chi connectivity index (χ0) is 20.7. The molecular weight excluding hydrogens is 362 g/mol. The number of benzene rings is 3. The van der Waals surface area contributed by atoms with Gasteiger partial charge in [0.25, 0.3) is 0 Å². The number of hydrogen-bond acceptors (Lipinski definition) is 4. The van der Waals surface area contributed by atoms with E-state index in [4.69, 9.17) is 14.2 Å². The molecule has 154 valence electrons. The molecule has 4 rings (SSSR count). The molecule has 4 nitrogen and oxygen atoms in total. The maximum absolute atomic E-state index is 5.66. The molecule has 1 aliphatic heterocycles. The summed E-state index contributed by atoms with van der Waals surface area (Å²) in [5, 5.41) is 5.01. The van der Waals surface area contributed by atoms with Crippen LogP contribution in [-0.4, -0.2) is 38.8 Å². The van der Waals surface area contributed by atoms with Gasteiger partial charge in [0.2, 0.25) is 0 Å². The maximum atomic E-state index is 5.66. The molecule has 0 N–H and O–H groups in total. The zero-order valence-corrected chi connectivity index (χ0v) is 18.4. The first-order valence-corrected chi connectivity index (χ1v) is 10.5. The van der Waals surface area contributed by atoms with Crippen molar-refractivity contribution in [2.75, 3.05) is 27.9 Å². The van der Waals surface area contributed by atoms with Gasteiger partial charge in [-0.1, -0.05) is 13.8 Å². The van der Waals surface area contributed by atoms with E-state index in [2.05, 4.69) is 49.9 Å². The Morgan fingerprint density at radius 2 is 1.34 bits per heavy atom. The Bertz CT molecular complexity index is 1070. The van der Waals surface area contributed by atoms with Crippen molar-refractivity contribution in [3.05, 3.63) is 41.0 Å². The van der Waals surface area contributed by atoms with Gasteiger partial charge >= 0.3 is 0 Å². The van der Waals surface area contributed by atoms with Gasteiger partial charge < -0.3 is 14.2 Å². The molecule has 0 amide bonds. The average molecular weight is 394 g/mol. The van der Waals surface area contributed by atoms with Crippen molar-refractivity contribution in [1.29, 1.82) is 0 Å². The lowest BCUT2D eigenvalue weighted by Crippen LogP contribution is -2.39. The molecule has 3 aromatic carbocycles. The highest BCUT2D eigenvalue weighted by Crippen LogP contribution is 2.44. The molecule has 0 spiro atoms. The third kappa shape index (κ3) is 3.10. The van der Waals surface area contributed by atoms with E-state index in [1.54, 1.807) is 21.3 Å². The molecule has 0 aromatic heterocycles. The number of rotatable bonds is 5. The monoisotopic (exact) mass is 393 g/mol. The smallest absolute Gasteiger partial charge is 0.161 e. The molecule has 1 atom stereocenters. The molecule has 1 unspecified atom stereocenters. The third-order valence-corrected chi connectivity index (χ3v) is 6.56. The van der Waals surface area contributed by atoms with Gasteiger partial charge in [0.05, 0.1) is 21.3 Å². The molecular formula is C25H31NO3. The Morgan fingerprint density at radius 1 is 0.793 bits per heavy atom. The van der Waals surface area contributed by atoms with Crippen LogP contribution in [0, 0.1) is 6.92 Å². The summed E-state index contributed by atoms with van der Waals surface area (Å²) in [6, 6.07) is 9.33. The normalized spacial score (nSPS) is 16.8. The van der Waals surface area contributed by atoms with Gasteiger partial charge in [0, 0.05) is 12.6 Å². The van der Waals surface area contributed by atoms with Gasteiger partial charge in [-0.3, -0.25) is 4.90 Å². The van der Waals surface area contributed by atoms with E-state index in [1.165, 1.54) is 38.2 Å². The topological polar surface area (TPSA) is 30.9 Å². The molecule has 4 heteroatoms. The second-order valence-corrected chi connectivity index (χ2v) is 7.91. The van der Waals surface area contributed by atoms with Gasteiger partial charge in [-0.15, -0.1) is 0 Å². The van der Waals surface area contributed by atoms with Crippen LogP contribution in [0.15, 0.2) is 24.3 Å². The number of ether oxygens (including phenoxy) is 3. The first kappa shape index (κ1) is 19.8. The number of aryl methyl sites for hydroxylation is 1. The van der Waals surface area contributed by atoms with Crippen molar-refractivity contribution in [3.8, 4) is 17.2 Å². The minimum atomic E-state index is 0.570. The largest absolute Gasteiger partial charge is 0.496 e. The summed E-state index contributed by atoms with van der Waals surface area (Å²) < 4.78 is 16.9. The lowest BCUT2D eigenvalue weighted by molar-refractivity contribution is 0.178. The number of nitrogens with zero attached hydrogens (tertiary/aromatic N) is 1. The molecule has 1 aliphatic rings. The number of hydrogen-bond donors (Lipinski definition) is 0. The van der Waals surface area contributed by atoms with Crippen LogP contribution in [0.1, 0.15) is 37.0 Å². The second kappa shape index (κ2) is 7.75. The van der Waals surface area contributed by atoms with Gasteiger partial charge in [-0.05, 0) is 88.8 Å². The van der Waals surface area contributed by atoms with Crippen LogP contribution >= 0.6 is 0 Å². The van der Waals surface area contributed by atoms with Crippen molar-refractivity contribution in [2.45, 2.75) is 46.2 Å². The molecule has 0 bridgehead atoms. The zero-order valence-electron chi connectivity index (χ0n) is 18.4. The predicted octanol–water partition coefficient (Wildman–Crippen LogP) is 5.48. The van der Waals surface area contributed by atoms with E-state index in [9.17, 15) is 0 Å². The Labute approximate surface area is 173 Å². The van der Waals surface area contributed by atoms with E-state index in [1.807, 2.05) is 0 Å². The lowest BCUT2D eigenvalue weighted by Gasteiger charge is -2.37. The fourth-order valence-corrected chi connectivity index (χ4v) is 4.94. The lowest BCUT2D eigenvalue weighted by atomic mass is 9.84. The fourth-order valence-electron chi connectivity index (χ4n) is 4.94. The molecule has 29 heavy (non-hydrogen) atoms. The molecule has 0 saturated carbocycles. The highest BCUT2D eigenvalue weighted by Gasteiger charge is 2.28. The quantitative estimate of drug-likeness (QED) is 0.537. The van der Waals surface area contributed by atoms with Gasteiger partial charge in [0.1, 0.15) is 5.75 Å². The molecule has 1 heterocycles. The van der Waals surface area contributed by atoms with Crippen LogP contribution in [-0.2, 0) is 13.0 Å². The molecule has 0 saturated heterocycles. The van der Waals surface area contributed by atoms with Crippen molar-refractivity contribution in [1.82, 2.24) is 4.90 Å². The van der Waals surface area contributed by atoms with E-state index < -0.39 is 0 Å². The summed E-state index contributed by atoms with van der Waals surface area (Å²) in [6.45, 7) is 8.73. The number of methoxy groups -OCH3 is 3. The average Bonchev–Trinajstić information content (AvgIpc) is 2.76. The van der Waals surface area contributed by atoms with E-state index in [0.717, 1.165) is 43.2 Å². The Kier molecular flexibility index (Phi) is 5.30. The Balaban J connectivity index is 2.14. The number of fused-ring (bicyclic) bond motifs is 6. The predicted molar refractivity (Wildman–Crippen MR) is 120 cm³/mol. The maximum Gasteiger partial charge on any atom is 0.161 e. The van der Waals surface area contributed by atoms with Crippen LogP contribution in [0.5, 0.6) is 17.2 Å². The van der Waals surface area contributed by atoms with Gasteiger partial charge in [0.15, 0.2) is 11.5 Å². The number of likely N-dealkylation sites (N-methyl/N-ethyl adjacent to an activating group) is 1. The minimum Gasteiger partial charge on any atom is -0.496 e. The SMILES string of the molecule is CCC1Cc2c(c3cc(C)c(OC)cc3c3cc(OC)c(OC)cc23)CN1CC. The fraction of sp³-hybridized carbons (Fsp3) is 0.440. The summed E-state index contributed by atoms with van der Waals surface area (Å²) in [7, 11) is 5.14. The van der Waals surface area contributed by atoms with Crippen molar-refractivity contribution in [2.24, 2.45) is 0 Å². The summed E-state index contributed by atoms with van der Waals surface area (Å²) >= 11 is 0. The molecule has 0 fully saturated rings. The first-order chi connectivity index (χ1) is 14.1. The van der Waals surface area contributed by atoms with Crippen LogP contribution in [0.25, 0.3) is 21.5 Å². The highest BCUT2D eigenvalue weighted by atomic mass is 16.5. The third-order valence-electron chi connectivity index (χ3n) is 6.56. The van der Waals surface area contributed by atoms with Crippen molar-refractivity contribution >= 4 is 21.5 Å². The van der Waals surface area contributed by atoms with Crippen LogP contribution in [0.2, 0.25) is 0 Å². The van der Waals surface area contributed by atoms with Crippen molar-refractivity contribution in [3.63, 3.8) is 0 Å². The summed E-state index contributed by atoms with van der Waals surface area (Å²) in [5.74, 6) is 2.47. The van der Waals surface area contributed by atoms with Gasteiger partial charge in [-0.2, -0.15) is 0 Å². The molecule has 3 aromatic rings. The Hall–Kier alpha value is -2.46. The Morgan fingerprint density at radius 3 is 1.90 bits per heavy atom. The van der Waals surface area contributed by atoms with Crippen LogP contribution < -0.4 is 14.2 Å². The van der Waals surface area contributed by atoms with Gasteiger partial charge in [-0.25, -0.2) is 0 Å². The second-order valence-electron chi connectivity index (χ2n) is 7.91. The van der Waals surface area contributed by atoms with E-state index in [-0.39, 0.29) is 0 Å². The summed E-state index contributed by atoms with van der Waals surface area (Å²) in [6.07, 6.45) is 2.22. The first-order valence-electron chi connectivity index (χ1n) is 10.5. The molecule has 0 aliphatic carbocycles. The molecule has 0 radical (unpaired) electrons. The highest BCUT2D eigenvalue weighted by molar-refractivity contribution is 6.12. The van der Waals surface area contributed by atoms with Crippen LogP contribution in [0.4, 0.5) is 0 Å². The standard InChI is InChI=1S/C25H31NO3/c1-7-16-10-18-20-12-24(28-5)25(29-6)13-21(20)19-11-23(27-4)15(3)9-17(19)22(18)14-26(16)8-2/h9,11-13,16H,7-8,10,14H2,1-6H3. The van der Waals surface area contributed by atoms with E-state index in [0.29, 0.717) is 6.04 Å². The summed E-state index contributed by atoms with van der Waals surface area (Å²) in [5.41, 5.74) is 4.06.